The molecule has 0 atom stereocenters. The second-order valence-corrected chi connectivity index (χ2v) is 129. The van der Waals surface area contributed by atoms with Crippen LogP contribution in [-0.4, -0.2) is 73.7 Å². The summed E-state index contributed by atoms with van der Waals surface area (Å²) in [6, 6.07) is 0. The predicted molar refractivity (Wildman–Crippen MR) is 148 cm³/mol. The molecule has 0 aliphatic carbocycles. The molecule has 158 valence electrons. The average Bonchev–Trinajstić information content (AvgIpc) is 2.31. The van der Waals surface area contributed by atoms with Gasteiger partial charge in [-0.2, -0.15) is 0 Å². The Balaban J connectivity index is 3.36. The molecule has 0 spiro atoms. The van der Waals surface area contributed by atoms with Gasteiger partial charge in [-0.25, -0.2) is 0 Å². The van der Waals surface area contributed by atoms with Crippen molar-refractivity contribution in [1.82, 2.24) is 0 Å². The van der Waals surface area contributed by atoms with Crippen LogP contribution in [0.3, 0.4) is 0 Å². The molecule has 3 heterocycles. The van der Waals surface area contributed by atoms with Crippen molar-refractivity contribution < 1.29 is 9.90 Å². The third kappa shape index (κ3) is 1.87. The third-order valence-corrected chi connectivity index (χ3v) is 305. The first-order chi connectivity index (χ1) is 11.4. The maximum atomic E-state index is 13.7. The van der Waals surface area contributed by atoms with Crippen LogP contribution < -0.4 is 0 Å². The van der Waals surface area contributed by atoms with E-state index in [4.69, 9.17) is 0 Å². The van der Waals surface area contributed by atoms with Gasteiger partial charge < -0.3 is 5.11 Å². The van der Waals surface area contributed by atoms with E-state index in [2.05, 4.69) is 98.2 Å². The summed E-state index contributed by atoms with van der Waals surface area (Å²) in [6.07, 6.45) is -1.46. The van der Waals surface area contributed by atoms with Crippen molar-refractivity contribution in [2.45, 2.75) is 98.2 Å². The van der Waals surface area contributed by atoms with E-state index in [0.717, 1.165) is 0 Å². The smallest absolute Gasteiger partial charge is 0.260 e. The van der Waals surface area contributed by atoms with Crippen LogP contribution in [0.2, 0.25) is 98.2 Å². The Morgan fingerprint density at radius 1 is 0.556 bits per heavy atom. The highest BCUT2D eigenvalue weighted by Crippen LogP contribution is 2.65. The predicted octanol–water partition coefficient (Wildman–Crippen LogP) is 5.54. The normalized spacial score (nSPS) is 39.8. The van der Waals surface area contributed by atoms with Crippen LogP contribution in [0.5, 0.6) is 0 Å². The van der Waals surface area contributed by atoms with Gasteiger partial charge in [0.05, 0.1) is 0 Å². The van der Waals surface area contributed by atoms with Gasteiger partial charge in [0.25, 0.3) is 5.59 Å². The fourth-order valence-electron chi connectivity index (χ4n) is 11.1. The summed E-state index contributed by atoms with van der Waals surface area (Å²) < 4.78 is 0. The molecule has 27 heavy (non-hydrogen) atoms. The summed E-state index contributed by atoms with van der Waals surface area (Å²) in [6.45, 7) is 39.0. The van der Waals surface area contributed by atoms with Crippen molar-refractivity contribution in [2.75, 3.05) is 0 Å². The lowest BCUT2D eigenvalue weighted by Crippen LogP contribution is -3.22. The molecular formula is C16H46O2Si9. The first-order valence-corrected chi connectivity index (χ1v) is 46.2. The third-order valence-electron chi connectivity index (χ3n) is 11.8. The van der Waals surface area contributed by atoms with Gasteiger partial charge in [-0.3, -0.25) is 4.79 Å². The molecule has 0 amide bonds. The topological polar surface area (TPSA) is 37.3 Å². The molecule has 3 saturated heterocycles. The quantitative estimate of drug-likeness (QED) is 0.483. The van der Waals surface area contributed by atoms with E-state index in [0.29, 0.717) is 0 Å². The molecule has 0 saturated carbocycles. The second-order valence-electron chi connectivity index (χ2n) is 13.8. The van der Waals surface area contributed by atoms with Gasteiger partial charge in [0.15, 0.2) is 6.63 Å². The molecule has 0 unspecified atom stereocenters. The minimum absolute atomic E-state index is 0.160. The van der Waals surface area contributed by atoms with Crippen LogP contribution in [0, 0.1) is 0 Å². The summed E-state index contributed by atoms with van der Waals surface area (Å²) in [5, 5.41) is 11.3. The fourth-order valence-corrected chi connectivity index (χ4v) is 648. The molecule has 0 aromatic heterocycles. The van der Waals surface area contributed by atoms with E-state index >= 15 is 0 Å². The van der Waals surface area contributed by atoms with Crippen molar-refractivity contribution in [3.05, 3.63) is 0 Å². The SMILES string of the molecule is C[Si](C)(C)[Si]12[Si](C)(C)[Si](C)(C)[Si](C(=O)O)([Si](C)(C)[Si]1(C)C)[Si](C)(C)[Si]2(C)C. The summed E-state index contributed by atoms with van der Waals surface area (Å²) in [4.78, 5) is 13.7. The van der Waals surface area contributed by atoms with Crippen LogP contribution in [0.15, 0.2) is 0 Å². The van der Waals surface area contributed by atoms with E-state index in [-0.39, 0.29) is 5.59 Å². The van der Waals surface area contributed by atoms with Crippen LogP contribution >= 0.6 is 0 Å². The molecule has 2 bridgehead atoms. The van der Waals surface area contributed by atoms with Gasteiger partial charge in [-0.1, -0.05) is 98.2 Å². The lowest BCUT2D eigenvalue weighted by Gasteiger charge is -2.88. The molecule has 3 fully saturated rings. The highest BCUT2D eigenvalue weighted by molar-refractivity contribution is 8.43. The Labute approximate surface area is 175 Å². The zero-order valence-corrected chi connectivity index (χ0v) is 29.9. The molecule has 11 heteroatoms. The standard InChI is InChI=1S/C16H46O2Si9/c1-19(2,3)27-23(10,11)20(4,5)26(16(17)18,21(6,7)24(27,12)13)22(8,9)25(27,14)15/h1-15H3,(H,17,18). The first kappa shape index (κ1) is 24.7. The molecule has 3 aliphatic rings. The summed E-state index contributed by atoms with van der Waals surface area (Å²) in [7, 11) is -11.3. The molecule has 2 nitrogen and oxygen atoms in total. The van der Waals surface area contributed by atoms with Crippen molar-refractivity contribution >= 4 is 68.6 Å². The van der Waals surface area contributed by atoms with Crippen LogP contribution in [0.1, 0.15) is 0 Å². The monoisotopic (exact) mass is 522 g/mol. The molecule has 0 aromatic rings. The van der Waals surface area contributed by atoms with Gasteiger partial charge in [-0.15, -0.1) is 0 Å². The number of carbonyl (C=O) groups is 1. The Hall–Kier alpha value is 1.42. The van der Waals surface area contributed by atoms with Gasteiger partial charge in [0, 0.05) is 56.4 Å². The Morgan fingerprint density at radius 3 is 0.926 bits per heavy atom. The van der Waals surface area contributed by atoms with E-state index in [1.165, 1.54) is 0 Å². The van der Waals surface area contributed by atoms with E-state index in [9.17, 15) is 9.90 Å². The fraction of sp³-hybridized carbons (Fsp3) is 0.938. The number of fused-ring (bicyclic) bond motifs is 3. The van der Waals surface area contributed by atoms with Crippen molar-refractivity contribution in [2.24, 2.45) is 0 Å². The number of rotatable bonds is 2. The second kappa shape index (κ2) is 5.61. The van der Waals surface area contributed by atoms with Crippen LogP contribution in [0.4, 0.5) is 4.79 Å². The molecule has 0 aromatic carbocycles. The zero-order chi connectivity index (χ0) is 22.1. The lowest BCUT2D eigenvalue weighted by atomic mass is 11.6. The van der Waals surface area contributed by atoms with Crippen LogP contribution in [0.25, 0.3) is 0 Å². The molecule has 3 aliphatic heterocycles. The van der Waals surface area contributed by atoms with Crippen molar-refractivity contribution in [3.8, 4) is 0 Å². The van der Waals surface area contributed by atoms with Gasteiger partial charge in [-0.05, 0) is 0 Å². The molecule has 0 radical (unpaired) electrons. The first-order valence-electron chi connectivity index (χ1n) is 10.7. The largest absolute Gasteiger partial charge is 0.486 e. The Kier molecular flexibility index (Phi) is 5.13. The maximum absolute atomic E-state index is 13.7. The summed E-state index contributed by atoms with van der Waals surface area (Å²) in [5.74, 6) is 0. The minimum atomic E-state index is -2.31. The average molecular weight is 523 g/mol. The summed E-state index contributed by atoms with van der Waals surface area (Å²) >= 11 is 0. The van der Waals surface area contributed by atoms with Gasteiger partial charge >= 0.3 is 0 Å². The van der Waals surface area contributed by atoms with Gasteiger partial charge in [0.1, 0.15) is 0 Å². The molecule has 3 rings (SSSR count). The Morgan fingerprint density at radius 2 is 0.778 bits per heavy atom. The highest BCUT2D eigenvalue weighted by Gasteiger charge is 2.97. The number of hydrogen-bond acceptors (Lipinski definition) is 1. The summed E-state index contributed by atoms with van der Waals surface area (Å²) in [5.41, 5.74) is -0.160. The molecule has 1 N–H and O–H groups in total. The highest BCUT2D eigenvalue weighted by atomic mass is 30.6. The van der Waals surface area contributed by atoms with E-state index in [1.54, 1.807) is 0 Å². The maximum Gasteiger partial charge on any atom is 0.260 e. The minimum Gasteiger partial charge on any atom is -0.486 e. The number of carboxylic acid groups (broad SMARTS) is 1. The zero-order valence-electron chi connectivity index (χ0n) is 20.9. The van der Waals surface area contributed by atoms with Gasteiger partial charge in [0.2, 0.25) is 0 Å². The van der Waals surface area contributed by atoms with E-state index in [1.807, 2.05) is 0 Å². The number of hydrogen-bond donors (Lipinski definition) is 1. The van der Waals surface area contributed by atoms with Crippen molar-refractivity contribution in [3.63, 3.8) is 0 Å². The van der Waals surface area contributed by atoms with E-state index < -0.39 is 63.0 Å². The lowest BCUT2D eigenvalue weighted by molar-refractivity contribution is 0.219. The van der Waals surface area contributed by atoms with Crippen molar-refractivity contribution in [1.29, 1.82) is 0 Å². The molecular weight excluding hydrogens is 477 g/mol. The Bertz CT molecular complexity index is 629. The van der Waals surface area contributed by atoms with Crippen LogP contribution in [-0.2, 0) is 0 Å².